The molecule has 0 aliphatic carbocycles. The minimum atomic E-state index is -1.40. The van der Waals surface area contributed by atoms with Crippen molar-refractivity contribution >= 4 is 23.3 Å². The van der Waals surface area contributed by atoms with Gasteiger partial charge in [0.2, 0.25) is 11.8 Å². The third kappa shape index (κ3) is 7.15. The monoisotopic (exact) mass is 414 g/mol. The second-order valence-corrected chi connectivity index (χ2v) is 6.51. The van der Waals surface area contributed by atoms with Crippen molar-refractivity contribution in [2.24, 2.45) is 5.73 Å². The molecule has 10 nitrogen and oxygen atoms in total. The molecule has 0 fully saturated rings. The van der Waals surface area contributed by atoms with Gasteiger partial charge in [-0.05, 0) is 24.3 Å². The third-order valence-electron chi connectivity index (χ3n) is 4.20. The maximum Gasteiger partial charge on any atom is 0.245 e. The molecule has 2 amide bonds. The first kappa shape index (κ1) is 22.8. The van der Waals surface area contributed by atoms with E-state index in [1.54, 1.807) is 30.5 Å². The summed E-state index contributed by atoms with van der Waals surface area (Å²) < 4.78 is 0. The number of benzene rings is 1. The molecule has 0 aliphatic heterocycles. The fourth-order valence-electron chi connectivity index (χ4n) is 2.61. The van der Waals surface area contributed by atoms with E-state index in [9.17, 15) is 19.8 Å². The van der Waals surface area contributed by atoms with Crippen LogP contribution >= 0.6 is 0 Å². The van der Waals surface area contributed by atoms with E-state index < -0.39 is 30.6 Å². The first-order chi connectivity index (χ1) is 14.4. The van der Waals surface area contributed by atoms with Gasteiger partial charge in [-0.2, -0.15) is 0 Å². The molecule has 0 bridgehead atoms. The summed E-state index contributed by atoms with van der Waals surface area (Å²) in [4.78, 5) is 28.6. The topological polar surface area (TPSA) is 173 Å². The minimum absolute atomic E-state index is 0.148. The Morgan fingerprint density at radius 3 is 2.63 bits per heavy atom. The predicted octanol–water partition coefficient (Wildman–Crippen LogP) is -1.03. The molecule has 0 saturated heterocycles. The zero-order valence-electron chi connectivity index (χ0n) is 16.3. The van der Waals surface area contributed by atoms with Crippen molar-refractivity contribution in [3.05, 3.63) is 59.9 Å². The first-order valence-electron chi connectivity index (χ1n) is 9.35. The zero-order valence-corrected chi connectivity index (χ0v) is 16.3. The Hall–Kier alpha value is -3.50. The number of hydrogen-bond acceptors (Lipinski definition) is 7. The van der Waals surface area contributed by atoms with Gasteiger partial charge in [0, 0.05) is 36.1 Å². The lowest BCUT2D eigenvalue weighted by Crippen LogP contribution is -2.50. The first-order valence-corrected chi connectivity index (χ1v) is 9.35. The number of hydrogen-bond donors (Lipinski definition) is 7. The van der Waals surface area contributed by atoms with Crippen LogP contribution in [0.15, 0.2) is 48.7 Å². The molecule has 0 aliphatic rings. The number of amides is 2. The third-order valence-corrected chi connectivity index (χ3v) is 4.20. The predicted molar refractivity (Wildman–Crippen MR) is 112 cm³/mol. The van der Waals surface area contributed by atoms with Crippen molar-refractivity contribution in [2.45, 2.75) is 18.6 Å². The zero-order chi connectivity index (χ0) is 21.9. The number of pyridine rings is 1. The highest BCUT2D eigenvalue weighted by atomic mass is 16.3. The molecule has 1 aromatic heterocycles. The second-order valence-electron chi connectivity index (χ2n) is 6.51. The molecule has 0 radical (unpaired) electrons. The Balaban J connectivity index is 1.87. The average molecular weight is 414 g/mol. The van der Waals surface area contributed by atoms with Crippen LogP contribution in [0.4, 0.5) is 5.69 Å². The van der Waals surface area contributed by atoms with Gasteiger partial charge in [0.1, 0.15) is 18.0 Å². The van der Waals surface area contributed by atoms with Crippen LogP contribution in [0.2, 0.25) is 0 Å². The van der Waals surface area contributed by atoms with Gasteiger partial charge < -0.3 is 31.9 Å². The Morgan fingerprint density at radius 1 is 1.17 bits per heavy atom. The van der Waals surface area contributed by atoms with E-state index in [2.05, 4.69) is 20.9 Å². The summed E-state index contributed by atoms with van der Waals surface area (Å²) in [6.45, 7) is -0.580. The van der Waals surface area contributed by atoms with Gasteiger partial charge in [-0.3, -0.25) is 20.0 Å². The van der Waals surface area contributed by atoms with Gasteiger partial charge >= 0.3 is 0 Å². The van der Waals surface area contributed by atoms with Crippen LogP contribution in [0.1, 0.15) is 11.3 Å². The Morgan fingerprint density at radius 2 is 1.97 bits per heavy atom. The van der Waals surface area contributed by atoms with Crippen molar-refractivity contribution in [3.8, 4) is 0 Å². The van der Waals surface area contributed by atoms with E-state index in [0.29, 0.717) is 24.2 Å². The number of nitrogens with zero attached hydrogens (tertiary/aromatic N) is 1. The lowest BCUT2D eigenvalue weighted by atomic mass is 10.1. The largest absolute Gasteiger partial charge is 0.394 e. The standard InChI is InChI=1S/C20H26N6O4/c21-19(22)13-4-3-6-15(10-13)26-18(16(28)12-27)20(30)25-11-17(29)24-9-7-14-5-1-2-8-23-14/h1-6,8,10,16,18,26-28H,7,9,11-12H2,(H3,21,22)(H,24,29)(H,25,30). The fraction of sp³-hybridized carbons (Fsp3) is 0.300. The molecule has 0 spiro atoms. The number of nitrogens with one attached hydrogen (secondary N) is 4. The number of amidine groups is 1. The van der Waals surface area contributed by atoms with Gasteiger partial charge in [0.05, 0.1) is 13.2 Å². The number of aliphatic hydroxyl groups is 2. The van der Waals surface area contributed by atoms with Crippen molar-refractivity contribution in [3.63, 3.8) is 0 Å². The van der Waals surface area contributed by atoms with Gasteiger partial charge in [-0.25, -0.2) is 0 Å². The molecule has 2 rings (SSSR count). The molecule has 2 atom stereocenters. The molecule has 8 N–H and O–H groups in total. The van der Waals surface area contributed by atoms with Crippen molar-refractivity contribution < 1.29 is 19.8 Å². The summed E-state index contributed by atoms with van der Waals surface area (Å²) in [5.41, 5.74) is 7.15. The molecule has 1 heterocycles. The molecule has 30 heavy (non-hydrogen) atoms. The maximum absolute atomic E-state index is 12.5. The second kappa shape index (κ2) is 11.5. The van der Waals surface area contributed by atoms with Gasteiger partial charge in [-0.15, -0.1) is 0 Å². The number of nitrogen functional groups attached to an aromatic ring is 1. The minimum Gasteiger partial charge on any atom is -0.394 e. The number of carbonyl (C=O) groups is 2. The van der Waals surface area contributed by atoms with E-state index >= 15 is 0 Å². The van der Waals surface area contributed by atoms with Crippen LogP contribution in [0.25, 0.3) is 0 Å². The number of aliphatic hydroxyl groups excluding tert-OH is 2. The number of anilines is 1. The molecule has 1 aromatic carbocycles. The molecule has 2 aromatic rings. The summed E-state index contributed by atoms with van der Waals surface area (Å²) in [7, 11) is 0. The average Bonchev–Trinajstić information content (AvgIpc) is 2.76. The molecule has 10 heteroatoms. The number of nitrogens with two attached hydrogens (primary N) is 1. The van der Waals surface area contributed by atoms with Gasteiger partial charge in [0.25, 0.3) is 0 Å². The maximum atomic E-state index is 12.5. The van der Waals surface area contributed by atoms with E-state index in [0.717, 1.165) is 5.69 Å². The number of aromatic nitrogens is 1. The van der Waals surface area contributed by atoms with E-state index in [1.807, 2.05) is 12.1 Å². The quantitative estimate of drug-likeness (QED) is 0.182. The lowest BCUT2D eigenvalue weighted by Gasteiger charge is -2.23. The van der Waals surface area contributed by atoms with Crippen LogP contribution < -0.4 is 21.7 Å². The van der Waals surface area contributed by atoms with E-state index in [1.165, 1.54) is 6.07 Å². The normalized spacial score (nSPS) is 12.5. The molecule has 2 unspecified atom stereocenters. The van der Waals surface area contributed by atoms with Gasteiger partial charge in [0.15, 0.2) is 0 Å². The molecular weight excluding hydrogens is 388 g/mol. The van der Waals surface area contributed by atoms with Crippen LogP contribution in [0.3, 0.4) is 0 Å². The molecule has 160 valence electrons. The van der Waals surface area contributed by atoms with Gasteiger partial charge in [-0.1, -0.05) is 18.2 Å². The Bertz CT molecular complexity index is 861. The SMILES string of the molecule is N=C(N)c1cccc(NC(C(=O)NCC(=O)NCCc2ccccn2)C(O)CO)c1. The summed E-state index contributed by atoms with van der Waals surface area (Å²) >= 11 is 0. The summed E-state index contributed by atoms with van der Waals surface area (Å²) in [6.07, 6.45) is 0.821. The molecular formula is C20H26N6O4. The number of carbonyl (C=O) groups excluding carboxylic acids is 2. The van der Waals surface area contributed by atoms with Crippen molar-refractivity contribution in [2.75, 3.05) is 25.0 Å². The van der Waals surface area contributed by atoms with E-state index in [-0.39, 0.29) is 12.4 Å². The van der Waals surface area contributed by atoms with Crippen LogP contribution in [0, 0.1) is 5.41 Å². The van der Waals surface area contributed by atoms with Crippen molar-refractivity contribution in [1.29, 1.82) is 5.41 Å². The summed E-state index contributed by atoms with van der Waals surface area (Å²) in [6, 6.07) is 10.7. The highest BCUT2D eigenvalue weighted by molar-refractivity contribution is 5.96. The van der Waals surface area contributed by atoms with Crippen LogP contribution in [-0.2, 0) is 16.0 Å². The number of rotatable bonds is 11. The Kier molecular flexibility index (Phi) is 8.73. The fourth-order valence-corrected chi connectivity index (χ4v) is 2.61. The highest BCUT2D eigenvalue weighted by Gasteiger charge is 2.26. The summed E-state index contributed by atoms with van der Waals surface area (Å²) in [5.74, 6) is -1.20. The molecule has 0 saturated carbocycles. The van der Waals surface area contributed by atoms with Crippen LogP contribution in [-0.4, -0.2) is 64.7 Å². The highest BCUT2D eigenvalue weighted by Crippen LogP contribution is 2.13. The smallest absolute Gasteiger partial charge is 0.245 e. The summed E-state index contributed by atoms with van der Waals surface area (Å²) in [5, 5.41) is 34.7. The van der Waals surface area contributed by atoms with Crippen molar-refractivity contribution in [1.82, 2.24) is 15.6 Å². The lowest BCUT2D eigenvalue weighted by molar-refractivity contribution is -0.128. The Labute approximate surface area is 174 Å². The van der Waals surface area contributed by atoms with Crippen LogP contribution in [0.5, 0.6) is 0 Å². The van der Waals surface area contributed by atoms with E-state index in [4.69, 9.17) is 11.1 Å².